The Bertz CT molecular complexity index is 540. The Balaban J connectivity index is 2.28. The molecule has 2 rings (SSSR count). The van der Waals surface area contributed by atoms with Crippen molar-refractivity contribution in [2.45, 2.75) is 39.2 Å². The fourth-order valence-corrected chi connectivity index (χ4v) is 2.28. The maximum atomic E-state index is 10.5. The molecule has 0 fully saturated rings. The van der Waals surface area contributed by atoms with Gasteiger partial charge in [0.2, 0.25) is 0 Å². The average molecular weight is 258 g/mol. The monoisotopic (exact) mass is 258 g/mol. The van der Waals surface area contributed by atoms with E-state index in [4.69, 9.17) is 0 Å². The van der Waals surface area contributed by atoms with Crippen LogP contribution in [-0.2, 0) is 13.5 Å². The van der Waals surface area contributed by atoms with Crippen LogP contribution in [0.4, 0.5) is 0 Å². The quantitative estimate of drug-likeness (QED) is 0.914. The van der Waals surface area contributed by atoms with Gasteiger partial charge in [-0.15, -0.1) is 0 Å². The Labute approximate surface area is 114 Å². The number of hydrogen-bond acceptors (Lipinski definition) is 2. The van der Waals surface area contributed by atoms with Crippen molar-refractivity contribution >= 4 is 0 Å². The van der Waals surface area contributed by atoms with Crippen molar-refractivity contribution in [2.24, 2.45) is 7.05 Å². The molecule has 1 atom stereocenters. The number of imidazole rings is 1. The number of rotatable bonds is 4. The molecule has 3 heteroatoms. The van der Waals surface area contributed by atoms with Gasteiger partial charge in [0.15, 0.2) is 0 Å². The summed E-state index contributed by atoms with van der Waals surface area (Å²) in [7, 11) is 1.95. The van der Waals surface area contributed by atoms with Crippen LogP contribution >= 0.6 is 0 Å². The van der Waals surface area contributed by atoms with Crippen LogP contribution in [0.1, 0.15) is 55.4 Å². The third-order valence-electron chi connectivity index (χ3n) is 3.64. The standard InChI is InChI=1S/C16H22N2O/c1-5-15-17-10-14(18(15)4)16(19)13-8-6-12(7-9-13)11(2)3/h6-11,16,19H,5H2,1-4H3. The third-order valence-corrected chi connectivity index (χ3v) is 3.64. The van der Waals surface area contributed by atoms with Crippen LogP contribution in [0.2, 0.25) is 0 Å². The minimum absolute atomic E-state index is 0.509. The molecule has 0 aliphatic heterocycles. The van der Waals surface area contributed by atoms with Crippen molar-refractivity contribution in [1.82, 2.24) is 9.55 Å². The van der Waals surface area contributed by atoms with Gasteiger partial charge in [0, 0.05) is 13.5 Å². The molecule has 1 aromatic heterocycles. The Hall–Kier alpha value is -1.61. The average Bonchev–Trinajstić information content (AvgIpc) is 2.79. The summed E-state index contributed by atoms with van der Waals surface area (Å²) in [6.07, 6.45) is 2.02. The minimum Gasteiger partial charge on any atom is -0.382 e. The van der Waals surface area contributed by atoms with E-state index in [9.17, 15) is 5.11 Å². The van der Waals surface area contributed by atoms with Crippen molar-refractivity contribution < 1.29 is 5.11 Å². The van der Waals surface area contributed by atoms with Crippen molar-refractivity contribution in [3.05, 3.63) is 53.1 Å². The second kappa shape index (κ2) is 5.57. The molecule has 3 nitrogen and oxygen atoms in total. The molecular weight excluding hydrogens is 236 g/mol. The fraction of sp³-hybridized carbons (Fsp3) is 0.438. The van der Waals surface area contributed by atoms with Crippen molar-refractivity contribution in [3.8, 4) is 0 Å². The first-order valence-electron chi connectivity index (χ1n) is 6.83. The highest BCUT2D eigenvalue weighted by atomic mass is 16.3. The second-order valence-electron chi connectivity index (χ2n) is 5.24. The van der Waals surface area contributed by atoms with E-state index in [1.54, 1.807) is 6.20 Å². The number of aliphatic hydroxyl groups excluding tert-OH is 1. The lowest BCUT2D eigenvalue weighted by molar-refractivity contribution is 0.211. The Kier molecular flexibility index (Phi) is 4.05. The number of benzene rings is 1. The van der Waals surface area contributed by atoms with E-state index in [1.165, 1.54) is 5.56 Å². The lowest BCUT2D eigenvalue weighted by atomic mass is 9.99. The molecule has 2 aromatic rings. The molecule has 1 N–H and O–H groups in total. The van der Waals surface area contributed by atoms with Gasteiger partial charge in [0.1, 0.15) is 11.9 Å². The van der Waals surface area contributed by atoms with E-state index in [2.05, 4.69) is 37.9 Å². The number of hydrogen-bond donors (Lipinski definition) is 1. The predicted molar refractivity (Wildman–Crippen MR) is 77.2 cm³/mol. The van der Waals surface area contributed by atoms with Gasteiger partial charge in [-0.2, -0.15) is 0 Å². The largest absolute Gasteiger partial charge is 0.382 e. The topological polar surface area (TPSA) is 38.1 Å². The first-order valence-corrected chi connectivity index (χ1v) is 6.83. The van der Waals surface area contributed by atoms with E-state index in [0.29, 0.717) is 5.92 Å². The number of aromatic nitrogens is 2. The molecule has 0 bridgehead atoms. The Morgan fingerprint density at radius 3 is 2.21 bits per heavy atom. The summed E-state index contributed by atoms with van der Waals surface area (Å²) < 4.78 is 1.97. The highest BCUT2D eigenvalue weighted by molar-refractivity contribution is 5.30. The van der Waals surface area contributed by atoms with Crippen LogP contribution in [0.3, 0.4) is 0 Å². The Morgan fingerprint density at radius 2 is 1.74 bits per heavy atom. The van der Waals surface area contributed by atoms with E-state index >= 15 is 0 Å². The van der Waals surface area contributed by atoms with Gasteiger partial charge >= 0.3 is 0 Å². The molecule has 1 unspecified atom stereocenters. The summed E-state index contributed by atoms with van der Waals surface area (Å²) in [6.45, 7) is 6.40. The highest BCUT2D eigenvalue weighted by Crippen LogP contribution is 2.24. The van der Waals surface area contributed by atoms with Gasteiger partial charge in [-0.25, -0.2) is 4.98 Å². The lowest BCUT2D eigenvalue weighted by Crippen LogP contribution is -2.07. The smallest absolute Gasteiger partial charge is 0.121 e. The molecule has 0 saturated carbocycles. The van der Waals surface area contributed by atoms with Crippen LogP contribution in [0.15, 0.2) is 30.5 Å². The van der Waals surface area contributed by atoms with Crippen LogP contribution < -0.4 is 0 Å². The normalized spacial score (nSPS) is 12.9. The van der Waals surface area contributed by atoms with Crippen LogP contribution in [0.5, 0.6) is 0 Å². The predicted octanol–water partition coefficient (Wildman–Crippen LogP) is 3.19. The third kappa shape index (κ3) is 2.71. The van der Waals surface area contributed by atoms with Crippen molar-refractivity contribution in [1.29, 1.82) is 0 Å². The zero-order chi connectivity index (χ0) is 14.0. The second-order valence-corrected chi connectivity index (χ2v) is 5.24. The van der Waals surface area contributed by atoms with Gasteiger partial charge < -0.3 is 9.67 Å². The number of aliphatic hydroxyl groups is 1. The molecule has 0 saturated heterocycles. The molecule has 0 amide bonds. The first-order chi connectivity index (χ1) is 9.04. The van der Waals surface area contributed by atoms with E-state index in [0.717, 1.165) is 23.5 Å². The van der Waals surface area contributed by atoms with Crippen molar-refractivity contribution in [3.63, 3.8) is 0 Å². The highest BCUT2D eigenvalue weighted by Gasteiger charge is 2.16. The summed E-state index contributed by atoms with van der Waals surface area (Å²) >= 11 is 0. The number of aryl methyl sites for hydroxylation is 1. The molecule has 0 radical (unpaired) electrons. The lowest BCUT2D eigenvalue weighted by Gasteiger charge is -2.14. The summed E-state index contributed by atoms with van der Waals surface area (Å²) in [6, 6.07) is 8.16. The Morgan fingerprint density at radius 1 is 1.16 bits per heavy atom. The SMILES string of the molecule is CCc1ncc(C(O)c2ccc(C(C)C)cc2)n1C. The van der Waals surface area contributed by atoms with Gasteiger partial charge in [0.05, 0.1) is 11.9 Å². The molecular formula is C16H22N2O. The zero-order valence-electron chi connectivity index (χ0n) is 12.1. The minimum atomic E-state index is -0.612. The molecule has 102 valence electrons. The van der Waals surface area contributed by atoms with Gasteiger partial charge in [-0.1, -0.05) is 45.0 Å². The molecule has 19 heavy (non-hydrogen) atoms. The summed E-state index contributed by atoms with van der Waals surface area (Å²) in [5.41, 5.74) is 3.04. The maximum Gasteiger partial charge on any atom is 0.121 e. The van der Waals surface area contributed by atoms with Gasteiger partial charge in [-0.05, 0) is 17.0 Å². The van der Waals surface area contributed by atoms with Crippen LogP contribution in [0, 0.1) is 0 Å². The van der Waals surface area contributed by atoms with Gasteiger partial charge in [-0.3, -0.25) is 0 Å². The van der Waals surface area contributed by atoms with E-state index in [1.807, 2.05) is 23.7 Å². The molecule has 1 aromatic carbocycles. The summed E-state index contributed by atoms with van der Waals surface area (Å²) in [5.74, 6) is 1.50. The zero-order valence-corrected chi connectivity index (χ0v) is 12.1. The maximum absolute atomic E-state index is 10.5. The molecule has 0 aliphatic rings. The summed E-state index contributed by atoms with van der Waals surface area (Å²) in [4.78, 5) is 4.33. The van der Waals surface area contributed by atoms with Crippen LogP contribution in [-0.4, -0.2) is 14.7 Å². The van der Waals surface area contributed by atoms with Crippen LogP contribution in [0.25, 0.3) is 0 Å². The summed E-state index contributed by atoms with van der Waals surface area (Å²) in [5, 5.41) is 10.5. The molecule has 1 heterocycles. The van der Waals surface area contributed by atoms with E-state index in [-0.39, 0.29) is 0 Å². The van der Waals surface area contributed by atoms with Crippen molar-refractivity contribution in [2.75, 3.05) is 0 Å². The molecule has 0 aliphatic carbocycles. The number of nitrogens with zero attached hydrogens (tertiary/aromatic N) is 2. The fourth-order valence-electron chi connectivity index (χ4n) is 2.28. The van der Waals surface area contributed by atoms with E-state index < -0.39 is 6.10 Å². The first kappa shape index (κ1) is 13.8. The van der Waals surface area contributed by atoms with Gasteiger partial charge in [0.25, 0.3) is 0 Å². The molecule has 0 spiro atoms.